The highest BCUT2D eigenvalue weighted by Gasteiger charge is 2.18. The Balaban J connectivity index is 2.22. The van der Waals surface area contributed by atoms with Gasteiger partial charge in [0.05, 0.1) is 15.8 Å². The van der Waals surface area contributed by atoms with Crippen molar-refractivity contribution in [1.82, 2.24) is 3.97 Å². The molecule has 0 unspecified atom stereocenters. The van der Waals surface area contributed by atoms with Gasteiger partial charge in [-0.15, -0.1) is 0 Å². The molecule has 1 heterocycles. The van der Waals surface area contributed by atoms with Gasteiger partial charge in [0.25, 0.3) is 10.0 Å². The van der Waals surface area contributed by atoms with E-state index in [-0.39, 0.29) is 4.90 Å². The zero-order valence-electron chi connectivity index (χ0n) is 10.3. The molecule has 0 N–H and O–H groups in total. The average molecular weight is 269 g/mol. The van der Waals surface area contributed by atoms with Crippen molar-refractivity contribution in [2.75, 3.05) is 0 Å². The van der Waals surface area contributed by atoms with E-state index in [9.17, 15) is 8.42 Å². The van der Waals surface area contributed by atoms with Gasteiger partial charge < -0.3 is 0 Å². The maximum absolute atomic E-state index is 12.5. The van der Waals surface area contributed by atoms with Crippen LogP contribution < -0.4 is 0 Å². The Morgan fingerprint density at radius 1 is 1.00 bits per heavy atom. The van der Waals surface area contributed by atoms with E-state index in [1.807, 2.05) is 19.1 Å². The summed E-state index contributed by atoms with van der Waals surface area (Å²) in [7, 11) is -3.61. The summed E-state index contributed by atoms with van der Waals surface area (Å²) in [5.41, 5.74) is 1.61. The van der Waals surface area contributed by atoms with E-state index in [4.69, 9.17) is 0 Å². The summed E-state index contributed by atoms with van der Waals surface area (Å²) in [4.78, 5) is 0.254. The fourth-order valence-electron chi connectivity index (χ4n) is 1.93. The second-order valence-electron chi connectivity index (χ2n) is 4.34. The maximum atomic E-state index is 12.5. The first-order chi connectivity index (χ1) is 9.09. The molecule has 0 radical (unpaired) electrons. The van der Waals surface area contributed by atoms with Gasteiger partial charge in [-0.2, -0.15) is 3.97 Å². The third-order valence-corrected chi connectivity index (χ3v) is 4.61. The minimum atomic E-state index is -3.61. The Morgan fingerprint density at radius 3 is 2.42 bits per heavy atom. The predicted octanol–water partition coefficient (Wildman–Crippen LogP) is 2.79. The van der Waals surface area contributed by atoms with Crippen molar-refractivity contribution < 1.29 is 8.42 Å². The van der Waals surface area contributed by atoms with Crippen LogP contribution in [-0.4, -0.2) is 12.4 Å². The lowest BCUT2D eigenvalue weighted by Gasteiger charge is -2.06. The summed E-state index contributed by atoms with van der Waals surface area (Å²) in [6.45, 7) is 1.92. The quantitative estimate of drug-likeness (QED) is 0.717. The van der Waals surface area contributed by atoms with E-state index < -0.39 is 10.0 Å². The average Bonchev–Trinajstić information content (AvgIpc) is 2.83. The molecule has 0 aliphatic rings. The molecule has 0 atom stereocenters. The predicted molar refractivity (Wildman–Crippen MR) is 73.4 cm³/mol. The summed E-state index contributed by atoms with van der Waals surface area (Å²) < 4.78 is 26.2. The summed E-state index contributed by atoms with van der Waals surface area (Å²) in [6, 6.07) is 16.8. The molecule has 3 aromatic rings. The number of hydrogen-bond acceptors (Lipinski definition) is 2. The van der Waals surface area contributed by atoms with Gasteiger partial charge in [-0.1, -0.05) is 29.8 Å². The topological polar surface area (TPSA) is 39.1 Å². The highest BCUT2D eigenvalue weighted by atomic mass is 32.2. The van der Waals surface area contributed by atoms with Crippen molar-refractivity contribution in [3.05, 3.63) is 66.4 Å². The van der Waals surface area contributed by atoms with E-state index in [1.54, 1.807) is 36.4 Å². The molecule has 3 nitrogen and oxygen atoms in total. The zero-order valence-corrected chi connectivity index (χ0v) is 11.1. The summed E-state index contributed by atoms with van der Waals surface area (Å²) in [5.74, 6) is 0. The van der Waals surface area contributed by atoms with Crippen LogP contribution in [0, 0.1) is 19.2 Å². The van der Waals surface area contributed by atoms with Gasteiger partial charge in [0.15, 0.2) is 0 Å². The van der Waals surface area contributed by atoms with E-state index >= 15 is 0 Å². The first kappa shape index (κ1) is 11.8. The molecule has 0 aliphatic carbocycles. The molecule has 0 saturated heterocycles. The first-order valence-electron chi connectivity index (χ1n) is 5.82. The molecule has 0 amide bonds. The van der Waals surface area contributed by atoms with E-state index in [0.717, 1.165) is 14.9 Å². The lowest BCUT2D eigenvalue weighted by Crippen LogP contribution is -2.11. The summed E-state index contributed by atoms with van der Waals surface area (Å²) in [6.07, 6.45) is 2.67. The van der Waals surface area contributed by atoms with E-state index in [1.165, 1.54) is 0 Å². The van der Waals surface area contributed by atoms with Crippen molar-refractivity contribution in [1.29, 1.82) is 0 Å². The highest BCUT2D eigenvalue weighted by molar-refractivity contribution is 7.90. The zero-order chi connectivity index (χ0) is 13.5. The summed E-state index contributed by atoms with van der Waals surface area (Å²) in [5, 5.41) is 0.734. The maximum Gasteiger partial charge on any atom is 0.275 e. The van der Waals surface area contributed by atoms with Crippen LogP contribution in [0.1, 0.15) is 5.56 Å². The van der Waals surface area contributed by atoms with Crippen molar-refractivity contribution >= 4 is 20.9 Å². The Hall–Kier alpha value is -2.25. The molecular formula is C15H11NO2S. The second-order valence-corrected chi connectivity index (χ2v) is 6.12. The number of rotatable bonds is 2. The third kappa shape index (κ3) is 1.88. The van der Waals surface area contributed by atoms with E-state index in [2.05, 4.69) is 12.3 Å². The molecule has 0 bridgehead atoms. The van der Waals surface area contributed by atoms with Crippen LogP contribution in [0.3, 0.4) is 0 Å². The van der Waals surface area contributed by atoms with Gasteiger partial charge in [0.2, 0.25) is 0 Å². The second kappa shape index (κ2) is 4.15. The van der Waals surface area contributed by atoms with Crippen LogP contribution in [-0.2, 0) is 10.0 Å². The van der Waals surface area contributed by atoms with Gasteiger partial charge in [-0.3, -0.25) is 0 Å². The largest absolute Gasteiger partial charge is 0.275 e. The minimum Gasteiger partial charge on any atom is -0.200 e. The van der Waals surface area contributed by atoms with Gasteiger partial charge in [0, 0.05) is 6.20 Å². The Bertz CT molecular complexity index is 830. The Kier molecular flexibility index (Phi) is 2.58. The van der Waals surface area contributed by atoms with Crippen LogP contribution in [0.2, 0.25) is 0 Å². The summed E-state index contributed by atoms with van der Waals surface area (Å²) >= 11 is 0. The number of aromatic nitrogens is 1. The van der Waals surface area contributed by atoms with Gasteiger partial charge in [0.1, 0.15) is 0 Å². The lowest BCUT2D eigenvalue weighted by molar-refractivity contribution is 0.589. The number of fused-ring (bicyclic) bond motifs is 1. The van der Waals surface area contributed by atoms with Gasteiger partial charge in [-0.05, 0) is 37.3 Å². The lowest BCUT2D eigenvalue weighted by atomic mass is 10.2. The molecule has 3 rings (SSSR count). The first-order valence-corrected chi connectivity index (χ1v) is 7.26. The fourth-order valence-corrected chi connectivity index (χ4v) is 3.21. The van der Waals surface area contributed by atoms with Crippen LogP contribution in [0.4, 0.5) is 0 Å². The molecule has 4 heteroatoms. The number of aryl methyl sites for hydroxylation is 1. The minimum absolute atomic E-state index is 0.254. The SMILES string of the molecule is Cc1ccc(S(=O)(=O)n2c#cc3ccccc32)cc1. The van der Waals surface area contributed by atoms with Crippen LogP contribution in [0.15, 0.2) is 53.4 Å². The molecule has 0 saturated carbocycles. The number of para-hydroxylation sites is 1. The standard InChI is InChI=1S/C15H11NO2S/c1-12-6-8-14(9-7-12)19(17,18)16-11-10-13-4-2-3-5-15(13)16/h2-9H,1H3. The Morgan fingerprint density at radius 2 is 1.68 bits per heavy atom. The van der Waals surface area contributed by atoms with Crippen molar-refractivity contribution in [3.8, 4) is 0 Å². The van der Waals surface area contributed by atoms with Crippen LogP contribution >= 0.6 is 0 Å². The third-order valence-electron chi connectivity index (χ3n) is 2.97. The molecule has 2 aromatic carbocycles. The van der Waals surface area contributed by atoms with Crippen LogP contribution in [0.5, 0.6) is 0 Å². The van der Waals surface area contributed by atoms with Crippen molar-refractivity contribution in [2.24, 2.45) is 0 Å². The number of benzene rings is 2. The molecule has 0 fully saturated rings. The molecule has 0 aliphatic heterocycles. The normalized spacial score (nSPS) is 11.4. The molecular weight excluding hydrogens is 258 g/mol. The van der Waals surface area contributed by atoms with Gasteiger partial charge >= 0.3 is 0 Å². The van der Waals surface area contributed by atoms with E-state index in [0.29, 0.717) is 5.52 Å². The number of hydrogen-bond donors (Lipinski definition) is 0. The van der Waals surface area contributed by atoms with Crippen molar-refractivity contribution in [3.63, 3.8) is 0 Å². The molecule has 94 valence electrons. The molecule has 0 spiro atoms. The monoisotopic (exact) mass is 269 g/mol. The smallest absolute Gasteiger partial charge is 0.200 e. The molecule has 19 heavy (non-hydrogen) atoms. The van der Waals surface area contributed by atoms with Crippen molar-refractivity contribution in [2.45, 2.75) is 11.8 Å². The molecule has 1 aromatic heterocycles. The number of nitrogens with zero attached hydrogens (tertiary/aromatic N) is 1. The Labute approximate surface area is 112 Å². The van der Waals surface area contributed by atoms with Gasteiger partial charge in [-0.25, -0.2) is 8.42 Å². The fraction of sp³-hybridized carbons (Fsp3) is 0.0667. The highest BCUT2D eigenvalue weighted by Crippen LogP contribution is 2.19. The van der Waals surface area contributed by atoms with Crippen LogP contribution in [0.25, 0.3) is 10.9 Å².